The van der Waals surface area contributed by atoms with Gasteiger partial charge in [-0.2, -0.15) is 0 Å². The third-order valence-electron chi connectivity index (χ3n) is 5.45. The van der Waals surface area contributed by atoms with Crippen molar-refractivity contribution >= 4 is 34.2 Å². The summed E-state index contributed by atoms with van der Waals surface area (Å²) < 4.78 is 41.5. The van der Waals surface area contributed by atoms with Crippen molar-refractivity contribution in [1.82, 2.24) is 14.9 Å². The average Bonchev–Trinajstić information content (AvgIpc) is 2.78. The molecule has 1 aliphatic heterocycles. The van der Waals surface area contributed by atoms with Crippen LogP contribution >= 0.6 is 11.6 Å². The molecular formula is C23H20ClF3N4O. The summed E-state index contributed by atoms with van der Waals surface area (Å²) in [5, 5.41) is 0.756. The molecule has 32 heavy (non-hydrogen) atoms. The van der Waals surface area contributed by atoms with Crippen molar-refractivity contribution in [2.24, 2.45) is 0 Å². The lowest BCUT2D eigenvalue weighted by Gasteiger charge is -2.35. The number of piperazine rings is 1. The maximum atomic E-state index is 14.5. The van der Waals surface area contributed by atoms with Gasteiger partial charge in [0.25, 0.3) is 6.43 Å². The molecule has 0 atom stereocenters. The predicted molar refractivity (Wildman–Crippen MR) is 119 cm³/mol. The molecule has 4 rings (SSSR count). The van der Waals surface area contributed by atoms with E-state index in [0.717, 1.165) is 6.07 Å². The van der Waals surface area contributed by atoms with Crippen LogP contribution in [0, 0.1) is 5.82 Å². The third-order valence-corrected chi connectivity index (χ3v) is 5.77. The standard InChI is InChI=1S/C23H20ClF3N4O/c1-2-4-20(32)30-7-9-31(10-8-30)23-16-11-17(24)15(12-19(16)28-13-29-23)21-14(22(26)27)5-3-6-18(21)25/h2-6,11-13,22H,7-10H2,1H3/b4-2+. The van der Waals surface area contributed by atoms with Crippen LogP contribution in [0.1, 0.15) is 18.9 Å². The largest absolute Gasteiger partial charge is 0.352 e. The molecule has 0 radical (unpaired) electrons. The van der Waals surface area contributed by atoms with Gasteiger partial charge < -0.3 is 9.80 Å². The van der Waals surface area contributed by atoms with Gasteiger partial charge >= 0.3 is 0 Å². The van der Waals surface area contributed by atoms with Crippen LogP contribution in [-0.4, -0.2) is 47.0 Å². The molecule has 0 bridgehead atoms. The van der Waals surface area contributed by atoms with Crippen LogP contribution in [0.4, 0.5) is 19.0 Å². The zero-order valence-electron chi connectivity index (χ0n) is 17.2. The first-order chi connectivity index (χ1) is 15.4. The maximum Gasteiger partial charge on any atom is 0.264 e. The van der Waals surface area contributed by atoms with Crippen molar-refractivity contribution in [3.63, 3.8) is 0 Å². The number of alkyl halides is 2. The number of fused-ring (bicyclic) bond motifs is 1. The quantitative estimate of drug-likeness (QED) is 0.499. The van der Waals surface area contributed by atoms with Crippen LogP contribution in [-0.2, 0) is 4.79 Å². The first-order valence-corrected chi connectivity index (χ1v) is 10.5. The molecule has 2 aromatic carbocycles. The number of rotatable bonds is 4. The van der Waals surface area contributed by atoms with Crippen molar-refractivity contribution < 1.29 is 18.0 Å². The van der Waals surface area contributed by atoms with E-state index < -0.39 is 17.8 Å². The van der Waals surface area contributed by atoms with E-state index in [0.29, 0.717) is 42.9 Å². The number of amides is 1. The van der Waals surface area contributed by atoms with Crippen LogP contribution in [0.5, 0.6) is 0 Å². The average molecular weight is 461 g/mol. The molecule has 0 N–H and O–H groups in total. The summed E-state index contributed by atoms with van der Waals surface area (Å²) in [6.07, 6.45) is 1.77. The summed E-state index contributed by atoms with van der Waals surface area (Å²) in [6, 6.07) is 6.65. The zero-order valence-corrected chi connectivity index (χ0v) is 18.0. The van der Waals surface area contributed by atoms with Crippen LogP contribution in [0.2, 0.25) is 5.02 Å². The highest BCUT2D eigenvalue weighted by molar-refractivity contribution is 6.34. The van der Waals surface area contributed by atoms with Gasteiger partial charge in [0.05, 0.1) is 5.52 Å². The van der Waals surface area contributed by atoms with Crippen molar-refractivity contribution in [2.75, 3.05) is 31.1 Å². The number of nitrogens with zero attached hydrogens (tertiary/aromatic N) is 4. The molecule has 5 nitrogen and oxygen atoms in total. The summed E-state index contributed by atoms with van der Waals surface area (Å²) in [5.41, 5.74) is -0.0441. The van der Waals surface area contributed by atoms with E-state index in [1.54, 1.807) is 24.0 Å². The number of hydrogen-bond acceptors (Lipinski definition) is 4. The Hall–Kier alpha value is -3.13. The molecule has 1 amide bonds. The summed E-state index contributed by atoms with van der Waals surface area (Å²) in [7, 11) is 0. The number of carbonyl (C=O) groups is 1. The molecule has 1 saturated heterocycles. The molecule has 1 fully saturated rings. The Kier molecular flexibility index (Phi) is 6.32. The first-order valence-electron chi connectivity index (χ1n) is 10.1. The van der Waals surface area contributed by atoms with Gasteiger partial charge in [-0.25, -0.2) is 23.1 Å². The van der Waals surface area contributed by atoms with Gasteiger partial charge in [0.1, 0.15) is 18.0 Å². The summed E-state index contributed by atoms with van der Waals surface area (Å²) in [5.74, 6) is -0.184. The molecule has 0 spiro atoms. The number of halogens is 4. The van der Waals surface area contributed by atoms with Crippen molar-refractivity contribution in [2.45, 2.75) is 13.3 Å². The Morgan fingerprint density at radius 3 is 2.59 bits per heavy atom. The molecule has 166 valence electrons. The lowest BCUT2D eigenvalue weighted by atomic mass is 9.97. The predicted octanol–water partition coefficient (Wildman–Crippen LogP) is 5.25. The van der Waals surface area contributed by atoms with Gasteiger partial charge in [0.2, 0.25) is 5.91 Å². The van der Waals surface area contributed by atoms with E-state index in [1.165, 1.54) is 30.6 Å². The van der Waals surface area contributed by atoms with Gasteiger partial charge in [-0.05, 0) is 31.2 Å². The van der Waals surface area contributed by atoms with Crippen molar-refractivity contribution in [1.29, 1.82) is 0 Å². The minimum absolute atomic E-state index is 0.0351. The normalized spacial score (nSPS) is 14.7. The first kappa shape index (κ1) is 22.1. The Balaban J connectivity index is 1.71. The van der Waals surface area contributed by atoms with E-state index in [-0.39, 0.29) is 22.1 Å². The molecule has 1 aliphatic rings. The minimum atomic E-state index is -2.85. The second-order valence-electron chi connectivity index (χ2n) is 7.36. The molecule has 0 unspecified atom stereocenters. The second kappa shape index (κ2) is 9.16. The van der Waals surface area contributed by atoms with Gasteiger partial charge in [0, 0.05) is 53.3 Å². The van der Waals surface area contributed by atoms with Gasteiger partial charge in [-0.3, -0.25) is 4.79 Å². The Morgan fingerprint density at radius 2 is 1.91 bits per heavy atom. The molecule has 9 heteroatoms. The van der Waals surface area contributed by atoms with E-state index in [4.69, 9.17) is 11.6 Å². The Bertz CT molecular complexity index is 1190. The van der Waals surface area contributed by atoms with Gasteiger partial charge in [0.15, 0.2) is 0 Å². The maximum absolute atomic E-state index is 14.5. The Labute approximate surface area is 188 Å². The second-order valence-corrected chi connectivity index (χ2v) is 7.77. The van der Waals surface area contributed by atoms with E-state index in [2.05, 4.69) is 9.97 Å². The molecule has 3 aromatic rings. The highest BCUT2D eigenvalue weighted by Crippen LogP contribution is 2.40. The summed E-state index contributed by atoms with van der Waals surface area (Å²) in [4.78, 5) is 24.5. The Morgan fingerprint density at radius 1 is 1.16 bits per heavy atom. The van der Waals surface area contributed by atoms with Crippen molar-refractivity contribution in [3.05, 3.63) is 65.2 Å². The lowest BCUT2D eigenvalue weighted by molar-refractivity contribution is -0.126. The van der Waals surface area contributed by atoms with Crippen LogP contribution < -0.4 is 4.90 Å². The summed E-state index contributed by atoms with van der Waals surface area (Å²) in [6.45, 7) is 4.00. The molecule has 1 aromatic heterocycles. The monoisotopic (exact) mass is 460 g/mol. The number of hydrogen-bond donors (Lipinski definition) is 0. The van der Waals surface area contributed by atoms with Crippen LogP contribution in [0.3, 0.4) is 0 Å². The smallest absolute Gasteiger partial charge is 0.264 e. The number of allylic oxidation sites excluding steroid dienone is 1. The van der Waals surface area contributed by atoms with E-state index in [9.17, 15) is 18.0 Å². The highest BCUT2D eigenvalue weighted by Gasteiger charge is 2.24. The number of aromatic nitrogens is 2. The minimum Gasteiger partial charge on any atom is -0.352 e. The van der Waals surface area contributed by atoms with Gasteiger partial charge in [-0.1, -0.05) is 29.8 Å². The van der Waals surface area contributed by atoms with Crippen molar-refractivity contribution in [3.8, 4) is 11.1 Å². The van der Waals surface area contributed by atoms with Crippen LogP contribution in [0.25, 0.3) is 22.0 Å². The number of carbonyl (C=O) groups excluding carboxylic acids is 1. The highest BCUT2D eigenvalue weighted by atomic mass is 35.5. The summed E-state index contributed by atoms with van der Waals surface area (Å²) >= 11 is 6.45. The van der Waals surface area contributed by atoms with E-state index in [1.807, 2.05) is 4.90 Å². The molecule has 0 aliphatic carbocycles. The topological polar surface area (TPSA) is 49.3 Å². The fourth-order valence-corrected chi connectivity index (χ4v) is 4.16. The molecular weight excluding hydrogens is 441 g/mol. The number of benzene rings is 2. The zero-order chi connectivity index (χ0) is 22.8. The van der Waals surface area contributed by atoms with Crippen LogP contribution in [0.15, 0.2) is 48.8 Å². The molecule has 0 saturated carbocycles. The number of anilines is 1. The lowest BCUT2D eigenvalue weighted by Crippen LogP contribution is -2.48. The fourth-order valence-electron chi connectivity index (χ4n) is 3.90. The molecule has 2 heterocycles. The SMILES string of the molecule is C/C=C/C(=O)N1CCN(c2ncnc3cc(-c4c(F)cccc4C(F)F)c(Cl)cc23)CC1. The fraction of sp³-hybridized carbons (Fsp3) is 0.261. The van der Waals surface area contributed by atoms with Gasteiger partial charge in [-0.15, -0.1) is 0 Å². The third kappa shape index (κ3) is 4.14. The van der Waals surface area contributed by atoms with E-state index >= 15 is 0 Å².